The average Bonchev–Trinajstić information content (AvgIpc) is 2.28. The number of ketones is 2. The first-order valence-corrected chi connectivity index (χ1v) is 5.98. The van der Waals surface area contributed by atoms with Crippen molar-refractivity contribution < 1.29 is 9.59 Å². The number of carbonyl (C=O) groups is 2. The fraction of sp³-hybridized carbons (Fsp3) is 0.357. The quantitative estimate of drug-likeness (QED) is 0.601. The van der Waals surface area contributed by atoms with Gasteiger partial charge in [0.25, 0.3) is 0 Å². The molecule has 1 saturated carbocycles. The number of hydrogen-bond donors (Lipinski definition) is 0. The molecule has 0 bridgehead atoms. The Morgan fingerprint density at radius 3 is 2.28 bits per heavy atom. The average molecular weight is 244 g/mol. The van der Waals surface area contributed by atoms with Gasteiger partial charge in [0.05, 0.1) is 18.7 Å². The van der Waals surface area contributed by atoms with Crippen LogP contribution in [-0.2, 0) is 16.1 Å². The summed E-state index contributed by atoms with van der Waals surface area (Å²) in [5.74, 6) is -0.0591. The lowest BCUT2D eigenvalue weighted by molar-refractivity contribution is -0.126. The third-order valence-corrected chi connectivity index (χ3v) is 2.76. The first kappa shape index (κ1) is 12.5. The molecular formula is C14H16N2O2. The summed E-state index contributed by atoms with van der Waals surface area (Å²) in [5, 5.41) is 6.11. The molecule has 4 heteroatoms. The molecular weight excluding hydrogens is 228 g/mol. The zero-order valence-electron chi connectivity index (χ0n) is 10.4. The third-order valence-electron chi connectivity index (χ3n) is 2.76. The van der Waals surface area contributed by atoms with Crippen molar-refractivity contribution in [1.82, 2.24) is 5.01 Å². The molecule has 94 valence electrons. The van der Waals surface area contributed by atoms with E-state index >= 15 is 0 Å². The highest BCUT2D eigenvalue weighted by molar-refractivity contribution is 6.20. The Hall–Kier alpha value is -1.97. The minimum Gasteiger partial charge on any atom is -0.299 e. The molecule has 1 aliphatic carbocycles. The van der Waals surface area contributed by atoms with Crippen LogP contribution < -0.4 is 0 Å². The fourth-order valence-electron chi connectivity index (χ4n) is 2.06. The highest BCUT2D eigenvalue weighted by Crippen LogP contribution is 2.11. The Morgan fingerprint density at radius 2 is 1.67 bits per heavy atom. The molecule has 0 radical (unpaired) electrons. The van der Waals surface area contributed by atoms with E-state index in [1.807, 2.05) is 37.4 Å². The lowest BCUT2D eigenvalue weighted by atomic mass is 9.96. The first-order valence-electron chi connectivity index (χ1n) is 5.98. The molecule has 4 nitrogen and oxygen atoms in total. The van der Waals surface area contributed by atoms with E-state index in [4.69, 9.17) is 0 Å². The molecule has 0 heterocycles. The number of carbonyl (C=O) groups excluding carboxylic acids is 2. The SMILES string of the molecule is CN(Cc1ccccc1)N=C1CC(=O)CC(=O)C1. The Bertz CT molecular complexity index is 462. The molecule has 18 heavy (non-hydrogen) atoms. The van der Waals surface area contributed by atoms with Crippen LogP contribution in [0.15, 0.2) is 35.4 Å². The van der Waals surface area contributed by atoms with E-state index in [-0.39, 0.29) is 18.0 Å². The standard InChI is InChI=1S/C14H16N2O2/c1-16(10-11-5-3-2-4-6-11)15-12-7-13(17)9-14(18)8-12/h2-6H,7-10H2,1H3. The van der Waals surface area contributed by atoms with E-state index in [1.54, 1.807) is 5.01 Å². The maximum atomic E-state index is 11.3. The Kier molecular flexibility index (Phi) is 3.87. The van der Waals surface area contributed by atoms with Crippen molar-refractivity contribution in [3.63, 3.8) is 0 Å². The third kappa shape index (κ3) is 3.52. The van der Waals surface area contributed by atoms with E-state index in [0.717, 1.165) is 5.56 Å². The van der Waals surface area contributed by atoms with Crippen LogP contribution in [0.25, 0.3) is 0 Å². The summed E-state index contributed by atoms with van der Waals surface area (Å²) in [7, 11) is 1.85. The predicted molar refractivity (Wildman–Crippen MR) is 69.2 cm³/mol. The van der Waals surface area contributed by atoms with Gasteiger partial charge in [-0.3, -0.25) is 14.6 Å². The number of rotatable bonds is 3. The molecule has 0 unspecified atom stereocenters. The van der Waals surface area contributed by atoms with Gasteiger partial charge in [-0.25, -0.2) is 0 Å². The monoisotopic (exact) mass is 244 g/mol. The van der Waals surface area contributed by atoms with Gasteiger partial charge in [-0.05, 0) is 5.56 Å². The first-order chi connectivity index (χ1) is 8.63. The van der Waals surface area contributed by atoms with Crippen molar-refractivity contribution >= 4 is 17.3 Å². The molecule has 1 fully saturated rings. The largest absolute Gasteiger partial charge is 0.299 e. The molecule has 0 saturated heterocycles. The number of Topliss-reactive ketones (excluding diaryl/α,β-unsaturated/α-hetero) is 2. The summed E-state index contributed by atoms with van der Waals surface area (Å²) in [5.41, 5.74) is 1.83. The second-order valence-electron chi connectivity index (χ2n) is 4.58. The molecule has 1 aliphatic rings. The second kappa shape index (κ2) is 5.58. The number of hydrazone groups is 1. The van der Waals surface area contributed by atoms with Gasteiger partial charge in [0, 0.05) is 19.9 Å². The van der Waals surface area contributed by atoms with Crippen molar-refractivity contribution in [2.24, 2.45) is 5.10 Å². The van der Waals surface area contributed by atoms with Crippen LogP contribution in [0, 0.1) is 0 Å². The summed E-state index contributed by atoms with van der Waals surface area (Å²) < 4.78 is 0. The van der Waals surface area contributed by atoms with E-state index in [1.165, 1.54) is 0 Å². The highest BCUT2D eigenvalue weighted by atomic mass is 16.1. The van der Waals surface area contributed by atoms with Crippen molar-refractivity contribution in [1.29, 1.82) is 0 Å². The molecule has 0 spiro atoms. The summed E-state index contributed by atoms with van der Waals surface area (Å²) >= 11 is 0. The highest BCUT2D eigenvalue weighted by Gasteiger charge is 2.21. The van der Waals surface area contributed by atoms with Crippen LogP contribution in [0.2, 0.25) is 0 Å². The number of benzene rings is 1. The minimum atomic E-state index is -0.0295. The minimum absolute atomic E-state index is 0.0295. The predicted octanol–water partition coefficient (Wildman–Crippen LogP) is 1.80. The van der Waals surface area contributed by atoms with Gasteiger partial charge in [-0.2, -0.15) is 5.10 Å². The van der Waals surface area contributed by atoms with Gasteiger partial charge < -0.3 is 0 Å². The van der Waals surface area contributed by atoms with E-state index in [0.29, 0.717) is 25.1 Å². The van der Waals surface area contributed by atoms with Crippen LogP contribution in [0.5, 0.6) is 0 Å². The van der Waals surface area contributed by atoms with Gasteiger partial charge in [0.15, 0.2) is 0 Å². The molecule has 2 rings (SSSR count). The topological polar surface area (TPSA) is 49.7 Å². The zero-order chi connectivity index (χ0) is 13.0. The number of hydrogen-bond acceptors (Lipinski definition) is 4. The summed E-state index contributed by atoms with van der Waals surface area (Å²) in [4.78, 5) is 22.6. The van der Waals surface area contributed by atoms with Crippen LogP contribution in [0.4, 0.5) is 0 Å². The van der Waals surface area contributed by atoms with E-state index < -0.39 is 0 Å². The Morgan fingerprint density at radius 1 is 1.06 bits per heavy atom. The molecule has 0 amide bonds. The van der Waals surface area contributed by atoms with Gasteiger partial charge >= 0.3 is 0 Å². The fourth-order valence-corrected chi connectivity index (χ4v) is 2.06. The van der Waals surface area contributed by atoms with Gasteiger partial charge in [0.2, 0.25) is 0 Å². The smallest absolute Gasteiger partial charge is 0.145 e. The molecule has 0 atom stereocenters. The lowest BCUT2D eigenvalue weighted by Crippen LogP contribution is -2.25. The molecule has 0 aromatic heterocycles. The maximum absolute atomic E-state index is 11.3. The van der Waals surface area contributed by atoms with Crippen LogP contribution in [-0.4, -0.2) is 29.3 Å². The van der Waals surface area contributed by atoms with Gasteiger partial charge in [0.1, 0.15) is 11.6 Å². The maximum Gasteiger partial charge on any atom is 0.145 e. The molecule has 1 aromatic carbocycles. The van der Waals surface area contributed by atoms with Crippen molar-refractivity contribution in [3.05, 3.63) is 35.9 Å². The lowest BCUT2D eigenvalue weighted by Gasteiger charge is -2.17. The number of nitrogens with zero attached hydrogens (tertiary/aromatic N) is 2. The van der Waals surface area contributed by atoms with Crippen LogP contribution >= 0.6 is 0 Å². The van der Waals surface area contributed by atoms with E-state index in [9.17, 15) is 9.59 Å². The van der Waals surface area contributed by atoms with Crippen LogP contribution in [0.1, 0.15) is 24.8 Å². The summed E-state index contributed by atoms with van der Waals surface area (Å²) in [6.07, 6.45) is 0.692. The Labute approximate surface area is 106 Å². The van der Waals surface area contributed by atoms with Crippen molar-refractivity contribution in [2.75, 3.05) is 7.05 Å². The van der Waals surface area contributed by atoms with Crippen molar-refractivity contribution in [3.8, 4) is 0 Å². The van der Waals surface area contributed by atoms with Crippen LogP contribution in [0.3, 0.4) is 0 Å². The van der Waals surface area contributed by atoms with Gasteiger partial charge in [-0.1, -0.05) is 30.3 Å². The van der Waals surface area contributed by atoms with E-state index in [2.05, 4.69) is 5.10 Å². The Balaban J connectivity index is 1.99. The zero-order valence-corrected chi connectivity index (χ0v) is 10.4. The molecule has 0 N–H and O–H groups in total. The second-order valence-corrected chi connectivity index (χ2v) is 4.58. The molecule has 0 aliphatic heterocycles. The van der Waals surface area contributed by atoms with Gasteiger partial charge in [-0.15, -0.1) is 0 Å². The normalized spacial score (nSPS) is 15.7. The molecule has 1 aromatic rings. The summed E-state index contributed by atoms with van der Waals surface area (Å²) in [6.45, 7) is 0.673. The van der Waals surface area contributed by atoms with Crippen molar-refractivity contribution in [2.45, 2.75) is 25.8 Å². The summed E-state index contributed by atoms with van der Waals surface area (Å²) in [6, 6.07) is 9.96.